The van der Waals surface area contributed by atoms with Crippen LogP contribution in [-0.4, -0.2) is 45.4 Å². The first kappa shape index (κ1) is 24.6. The molecule has 0 unspecified atom stereocenters. The summed E-state index contributed by atoms with van der Waals surface area (Å²) in [6.45, 7) is 16.3. The van der Waals surface area contributed by atoms with E-state index in [0.717, 1.165) is 38.0 Å². The van der Waals surface area contributed by atoms with E-state index in [2.05, 4.69) is 44.8 Å². The molecule has 0 N–H and O–H groups in total. The number of hydrogen-bond donors (Lipinski definition) is 0. The molecule has 1 aromatic carbocycles. The highest BCUT2D eigenvalue weighted by atomic mass is 28.4. The zero-order valence-corrected chi connectivity index (χ0v) is 20.5. The normalized spacial score (nSPS) is 19.2. The maximum atomic E-state index is 11.9. The summed E-state index contributed by atoms with van der Waals surface area (Å²) in [5.74, 6) is 0.248. The van der Waals surface area contributed by atoms with Gasteiger partial charge in [0, 0.05) is 19.5 Å². The van der Waals surface area contributed by atoms with Crippen LogP contribution in [0.2, 0.25) is 18.1 Å². The average Bonchev–Trinajstić information content (AvgIpc) is 2.67. The predicted molar refractivity (Wildman–Crippen MR) is 123 cm³/mol. The highest BCUT2D eigenvalue weighted by Gasteiger charge is 2.40. The fraction of sp³-hybridized carbons (Fsp3) is 0.667. The average molecular weight is 431 g/mol. The van der Waals surface area contributed by atoms with Crippen molar-refractivity contribution in [2.24, 2.45) is 5.92 Å². The molecule has 0 amide bonds. The quantitative estimate of drug-likeness (QED) is 0.414. The van der Waals surface area contributed by atoms with E-state index >= 15 is 0 Å². The van der Waals surface area contributed by atoms with Gasteiger partial charge in [-0.3, -0.25) is 4.79 Å². The largest absolute Gasteiger partial charge is 0.466 e. The van der Waals surface area contributed by atoms with E-state index in [9.17, 15) is 4.79 Å². The number of piperidine rings is 1. The lowest BCUT2D eigenvalue weighted by atomic mass is 9.94. The summed E-state index contributed by atoms with van der Waals surface area (Å²) in [4.78, 5) is 14.4. The number of rotatable bonds is 8. The van der Waals surface area contributed by atoms with Gasteiger partial charge < -0.3 is 14.1 Å². The Balaban J connectivity index is 2.15. The molecule has 2 rings (SSSR count). The third kappa shape index (κ3) is 6.94. The summed E-state index contributed by atoms with van der Waals surface area (Å²) in [6.07, 6.45) is 2.61. The standard InChI is InChI=1S/C24H38N2O3Si/c1-7-28-23(27)15-20-9-8-14-26(17-20)18-22(29-30(5,6)24(2,3)4)21-12-10-19(16-25)11-13-21/h10-13,20,22H,7-9,14-15,17-18H2,1-6H3/t20-,22-/m1/s1. The monoisotopic (exact) mass is 430 g/mol. The first-order valence-corrected chi connectivity index (χ1v) is 14.0. The number of nitrogens with zero attached hydrogens (tertiary/aromatic N) is 2. The molecule has 2 atom stereocenters. The number of ether oxygens (including phenoxy) is 1. The maximum absolute atomic E-state index is 11.9. The Labute approximate surface area is 183 Å². The Morgan fingerprint density at radius 1 is 1.30 bits per heavy atom. The van der Waals surface area contributed by atoms with Gasteiger partial charge >= 0.3 is 5.97 Å². The lowest BCUT2D eigenvalue weighted by molar-refractivity contribution is -0.144. The van der Waals surface area contributed by atoms with Crippen LogP contribution >= 0.6 is 0 Å². The van der Waals surface area contributed by atoms with Gasteiger partial charge in [-0.1, -0.05) is 32.9 Å². The first-order chi connectivity index (χ1) is 14.1. The lowest BCUT2D eigenvalue weighted by Crippen LogP contribution is -2.45. The van der Waals surface area contributed by atoms with Crippen LogP contribution in [0.15, 0.2) is 24.3 Å². The van der Waals surface area contributed by atoms with Crippen molar-refractivity contribution < 1.29 is 14.0 Å². The maximum Gasteiger partial charge on any atom is 0.306 e. The summed E-state index contributed by atoms with van der Waals surface area (Å²) < 4.78 is 12.0. The van der Waals surface area contributed by atoms with Crippen LogP contribution < -0.4 is 0 Å². The molecule has 5 nitrogen and oxygen atoms in total. The SMILES string of the molecule is CCOC(=O)C[C@H]1CCCN(C[C@@H](O[Si](C)(C)C(C)(C)C)c2ccc(C#N)cc2)C1. The van der Waals surface area contributed by atoms with Crippen molar-refractivity contribution in [3.63, 3.8) is 0 Å². The van der Waals surface area contributed by atoms with Gasteiger partial charge in [0.25, 0.3) is 0 Å². The number of nitriles is 1. The van der Waals surface area contributed by atoms with E-state index < -0.39 is 8.32 Å². The minimum absolute atomic E-state index is 0.0417. The van der Waals surface area contributed by atoms with Crippen LogP contribution in [0.1, 0.15) is 64.2 Å². The predicted octanol–water partition coefficient (Wildman–Crippen LogP) is 5.29. The highest BCUT2D eigenvalue weighted by molar-refractivity contribution is 6.74. The van der Waals surface area contributed by atoms with Gasteiger partial charge in [-0.15, -0.1) is 0 Å². The fourth-order valence-corrected chi connectivity index (χ4v) is 4.96. The molecule has 0 saturated carbocycles. The second-order valence-corrected chi connectivity index (χ2v) is 14.6. The van der Waals surface area contributed by atoms with E-state index in [1.54, 1.807) is 0 Å². The molecule has 1 aliphatic heterocycles. The molecule has 1 aliphatic rings. The minimum Gasteiger partial charge on any atom is -0.466 e. The van der Waals surface area contributed by atoms with Crippen molar-refractivity contribution in [1.82, 2.24) is 4.90 Å². The molecule has 166 valence electrons. The molecular formula is C24H38N2O3Si. The summed E-state index contributed by atoms with van der Waals surface area (Å²) >= 11 is 0. The molecule has 0 bridgehead atoms. The Bertz CT molecular complexity index is 734. The molecule has 0 aliphatic carbocycles. The summed E-state index contributed by atoms with van der Waals surface area (Å²) in [7, 11) is -1.98. The van der Waals surface area contributed by atoms with E-state index in [-0.39, 0.29) is 17.1 Å². The van der Waals surface area contributed by atoms with Gasteiger partial charge in [0.05, 0.1) is 24.3 Å². The van der Waals surface area contributed by atoms with Gasteiger partial charge in [0.2, 0.25) is 0 Å². The second-order valence-electron chi connectivity index (χ2n) is 9.88. The molecule has 1 heterocycles. The van der Waals surface area contributed by atoms with Crippen LogP contribution in [0.5, 0.6) is 0 Å². The van der Waals surface area contributed by atoms with Crippen LogP contribution in [0.25, 0.3) is 0 Å². The summed E-state index contributed by atoms with van der Waals surface area (Å²) in [5.41, 5.74) is 1.78. The van der Waals surface area contributed by atoms with Gasteiger partial charge in [0.15, 0.2) is 8.32 Å². The molecule has 1 saturated heterocycles. The highest BCUT2D eigenvalue weighted by Crippen LogP contribution is 2.40. The number of hydrogen-bond acceptors (Lipinski definition) is 5. The zero-order valence-electron chi connectivity index (χ0n) is 19.5. The van der Waals surface area contributed by atoms with Crippen LogP contribution in [-0.2, 0) is 14.0 Å². The molecule has 1 fully saturated rings. The number of likely N-dealkylation sites (tertiary alicyclic amines) is 1. The van der Waals surface area contributed by atoms with Gasteiger partial charge in [-0.2, -0.15) is 5.26 Å². The molecule has 0 radical (unpaired) electrons. The minimum atomic E-state index is -1.98. The van der Waals surface area contributed by atoms with Crippen molar-refractivity contribution in [3.8, 4) is 6.07 Å². The number of carbonyl (C=O) groups excluding carboxylic acids is 1. The van der Waals surface area contributed by atoms with Crippen LogP contribution in [0.3, 0.4) is 0 Å². The zero-order chi connectivity index (χ0) is 22.4. The first-order valence-electron chi connectivity index (χ1n) is 11.1. The topological polar surface area (TPSA) is 62.6 Å². The molecule has 30 heavy (non-hydrogen) atoms. The van der Waals surface area contributed by atoms with Gasteiger partial charge in [-0.25, -0.2) is 0 Å². The van der Waals surface area contributed by atoms with Crippen molar-refractivity contribution in [2.75, 3.05) is 26.2 Å². The van der Waals surface area contributed by atoms with Crippen molar-refractivity contribution in [3.05, 3.63) is 35.4 Å². The van der Waals surface area contributed by atoms with Gasteiger partial charge in [0.1, 0.15) is 0 Å². The van der Waals surface area contributed by atoms with E-state index in [1.807, 2.05) is 31.2 Å². The third-order valence-electron chi connectivity index (χ3n) is 6.44. The molecule has 1 aromatic rings. The Kier molecular flexibility index (Phi) is 8.66. The second kappa shape index (κ2) is 10.6. The van der Waals surface area contributed by atoms with Gasteiger partial charge in [-0.05, 0) is 68.1 Å². The molecule has 6 heteroatoms. The van der Waals surface area contributed by atoms with E-state index in [4.69, 9.17) is 14.4 Å². The van der Waals surface area contributed by atoms with E-state index in [1.165, 1.54) is 0 Å². The summed E-state index contributed by atoms with van der Waals surface area (Å²) in [5, 5.41) is 9.26. The molecule has 0 spiro atoms. The third-order valence-corrected chi connectivity index (χ3v) is 10.9. The van der Waals surface area contributed by atoms with Crippen LogP contribution in [0.4, 0.5) is 0 Å². The molecular weight excluding hydrogens is 392 g/mol. The Hall–Kier alpha value is -1.68. The molecule has 0 aromatic heterocycles. The van der Waals surface area contributed by atoms with Crippen molar-refractivity contribution >= 4 is 14.3 Å². The fourth-order valence-electron chi connectivity index (χ4n) is 3.69. The van der Waals surface area contributed by atoms with E-state index in [0.29, 0.717) is 24.5 Å². The number of carbonyl (C=O) groups is 1. The number of esters is 1. The van der Waals surface area contributed by atoms with Crippen molar-refractivity contribution in [2.45, 2.75) is 71.2 Å². The summed E-state index contributed by atoms with van der Waals surface area (Å²) in [6, 6.07) is 9.99. The Morgan fingerprint density at radius 3 is 2.53 bits per heavy atom. The number of benzene rings is 1. The van der Waals surface area contributed by atoms with Crippen LogP contribution in [0, 0.1) is 17.2 Å². The Morgan fingerprint density at radius 2 is 1.97 bits per heavy atom. The lowest BCUT2D eigenvalue weighted by Gasteiger charge is -2.42. The smallest absolute Gasteiger partial charge is 0.306 e. The van der Waals surface area contributed by atoms with Crippen molar-refractivity contribution in [1.29, 1.82) is 5.26 Å².